The number of carbonyl (C=O) groups excluding carboxylic acids is 2. The van der Waals surface area contributed by atoms with Crippen molar-refractivity contribution in [3.63, 3.8) is 0 Å². The maximum atomic E-state index is 12.4. The Morgan fingerprint density at radius 1 is 1.36 bits per heavy atom. The number of amides is 2. The van der Waals surface area contributed by atoms with Gasteiger partial charge in [0.25, 0.3) is 11.8 Å². The van der Waals surface area contributed by atoms with Crippen molar-refractivity contribution in [3.05, 3.63) is 40.2 Å². The third-order valence-electron chi connectivity index (χ3n) is 4.36. The Morgan fingerprint density at radius 2 is 2.24 bits per heavy atom. The first-order valence-corrected chi connectivity index (χ1v) is 9.05. The number of carbonyl (C=O) groups is 2. The van der Waals surface area contributed by atoms with Crippen LogP contribution in [0, 0.1) is 6.92 Å². The minimum atomic E-state index is -0.304. The molecule has 0 aliphatic carbocycles. The molecule has 2 aliphatic rings. The van der Waals surface area contributed by atoms with Crippen LogP contribution in [0.25, 0.3) is 0 Å². The van der Waals surface area contributed by atoms with Gasteiger partial charge in [0.1, 0.15) is 6.10 Å². The van der Waals surface area contributed by atoms with Crippen molar-refractivity contribution < 1.29 is 14.3 Å². The fourth-order valence-electron chi connectivity index (χ4n) is 3.00. The number of nitrogens with zero attached hydrogens (tertiary/aromatic N) is 3. The summed E-state index contributed by atoms with van der Waals surface area (Å²) < 4.78 is 5.47. The molecule has 0 saturated carbocycles. The second-order valence-corrected chi connectivity index (χ2v) is 7.31. The maximum Gasteiger partial charge on any atom is 0.259 e. The zero-order valence-electron chi connectivity index (χ0n) is 13.8. The molecule has 1 atom stereocenters. The molecule has 4 rings (SSSR count). The zero-order valence-corrected chi connectivity index (χ0v) is 14.6. The van der Waals surface area contributed by atoms with Crippen molar-refractivity contribution >= 4 is 28.3 Å². The van der Waals surface area contributed by atoms with Crippen LogP contribution in [0.2, 0.25) is 0 Å². The number of fused-ring (bicyclic) bond motifs is 1. The Hall–Kier alpha value is -2.32. The van der Waals surface area contributed by atoms with E-state index >= 15 is 0 Å². The highest BCUT2D eigenvalue weighted by Gasteiger charge is 2.33. The summed E-state index contributed by atoms with van der Waals surface area (Å²) in [4.78, 5) is 36.0. The van der Waals surface area contributed by atoms with Gasteiger partial charge in [-0.1, -0.05) is 11.3 Å². The van der Waals surface area contributed by atoms with Gasteiger partial charge in [-0.3, -0.25) is 19.9 Å². The van der Waals surface area contributed by atoms with E-state index in [1.165, 1.54) is 11.3 Å². The van der Waals surface area contributed by atoms with Crippen molar-refractivity contribution in [1.29, 1.82) is 0 Å². The maximum absolute atomic E-state index is 12.4. The van der Waals surface area contributed by atoms with E-state index in [1.807, 2.05) is 6.92 Å². The number of ether oxygens (including phenoxy) is 1. The van der Waals surface area contributed by atoms with E-state index in [4.69, 9.17) is 4.74 Å². The topological polar surface area (TPSA) is 84.4 Å². The van der Waals surface area contributed by atoms with E-state index < -0.39 is 0 Å². The van der Waals surface area contributed by atoms with Gasteiger partial charge >= 0.3 is 0 Å². The molecule has 2 aromatic rings. The largest absolute Gasteiger partial charge is 0.368 e. The molecule has 0 spiro atoms. The molecule has 2 aromatic heterocycles. The van der Waals surface area contributed by atoms with Crippen molar-refractivity contribution in [2.75, 3.05) is 11.9 Å². The molecular formula is C17H18N4O3S. The van der Waals surface area contributed by atoms with Gasteiger partial charge in [0.2, 0.25) is 0 Å². The molecule has 4 heterocycles. The molecule has 0 radical (unpaired) electrons. The fraction of sp³-hybridized carbons (Fsp3) is 0.412. The predicted octanol–water partition coefficient (Wildman–Crippen LogP) is 2.12. The number of nitrogens with one attached hydrogen (secondary N) is 1. The first-order chi connectivity index (χ1) is 12.1. The van der Waals surface area contributed by atoms with Crippen LogP contribution in [0.1, 0.15) is 39.5 Å². The molecule has 8 heteroatoms. The predicted molar refractivity (Wildman–Crippen MR) is 92.3 cm³/mol. The lowest BCUT2D eigenvalue weighted by atomic mass is 10.2. The van der Waals surface area contributed by atoms with Gasteiger partial charge in [0, 0.05) is 18.5 Å². The summed E-state index contributed by atoms with van der Waals surface area (Å²) in [6.07, 6.45) is 2.98. The van der Waals surface area contributed by atoms with Crippen LogP contribution in [-0.2, 0) is 22.6 Å². The highest BCUT2D eigenvalue weighted by atomic mass is 32.1. The summed E-state index contributed by atoms with van der Waals surface area (Å²) in [6.45, 7) is 3.55. The number of aryl methyl sites for hydroxylation is 1. The first-order valence-electron chi connectivity index (χ1n) is 8.23. The number of hydrogen-bond acceptors (Lipinski definition) is 6. The minimum Gasteiger partial charge on any atom is -0.368 e. The molecule has 7 nitrogen and oxygen atoms in total. The van der Waals surface area contributed by atoms with Crippen LogP contribution in [0.4, 0.5) is 5.13 Å². The lowest BCUT2D eigenvalue weighted by molar-refractivity contribution is -0.141. The SMILES string of the molecule is Cc1ccc(C(=O)Nc2nc3c(s2)CN(C(=O)C2CCCO2)C3)cn1. The molecule has 1 fully saturated rings. The molecule has 1 saturated heterocycles. The monoisotopic (exact) mass is 358 g/mol. The highest BCUT2D eigenvalue weighted by molar-refractivity contribution is 7.16. The van der Waals surface area contributed by atoms with Gasteiger partial charge in [0.15, 0.2) is 5.13 Å². The molecule has 2 amide bonds. The third-order valence-corrected chi connectivity index (χ3v) is 5.36. The van der Waals surface area contributed by atoms with E-state index in [1.54, 1.807) is 23.2 Å². The van der Waals surface area contributed by atoms with Crippen molar-refractivity contribution in [2.45, 2.75) is 39.0 Å². The van der Waals surface area contributed by atoms with Crippen molar-refractivity contribution in [2.24, 2.45) is 0 Å². The quantitative estimate of drug-likeness (QED) is 0.908. The van der Waals surface area contributed by atoms with Crippen LogP contribution in [-0.4, -0.2) is 39.4 Å². The minimum absolute atomic E-state index is 0.0408. The number of aromatic nitrogens is 2. The summed E-state index contributed by atoms with van der Waals surface area (Å²) in [5.74, 6) is -0.189. The van der Waals surface area contributed by atoms with Crippen molar-refractivity contribution in [3.8, 4) is 0 Å². The van der Waals surface area contributed by atoms with Gasteiger partial charge in [-0.25, -0.2) is 4.98 Å². The lowest BCUT2D eigenvalue weighted by Crippen LogP contribution is -2.35. The van der Waals surface area contributed by atoms with E-state index in [9.17, 15) is 9.59 Å². The number of anilines is 1. The number of pyridine rings is 1. The molecule has 130 valence electrons. The van der Waals surface area contributed by atoms with Crippen LogP contribution in [0.5, 0.6) is 0 Å². The van der Waals surface area contributed by atoms with Crippen LogP contribution >= 0.6 is 11.3 Å². The Bertz CT molecular complexity index is 788. The average Bonchev–Trinajstić information content (AvgIpc) is 3.30. The Labute approximate surface area is 149 Å². The summed E-state index contributed by atoms with van der Waals surface area (Å²) in [6, 6.07) is 3.53. The molecule has 0 aromatic carbocycles. The third kappa shape index (κ3) is 3.27. The highest BCUT2D eigenvalue weighted by Crippen LogP contribution is 2.32. The lowest BCUT2D eigenvalue weighted by Gasteiger charge is -2.19. The molecule has 2 aliphatic heterocycles. The van der Waals surface area contributed by atoms with Crippen LogP contribution in [0.3, 0.4) is 0 Å². The standard InChI is InChI=1S/C17H18N4O3S/c1-10-4-5-11(7-18-10)15(22)20-17-19-12-8-21(9-14(12)25-17)16(23)13-3-2-6-24-13/h4-5,7,13H,2-3,6,8-9H2,1H3,(H,19,20,22). The van der Waals surface area contributed by atoms with Gasteiger partial charge in [-0.15, -0.1) is 0 Å². The molecular weight excluding hydrogens is 340 g/mol. The summed E-state index contributed by atoms with van der Waals surface area (Å²) >= 11 is 1.41. The number of thiazole rings is 1. The van der Waals surface area contributed by atoms with E-state index in [-0.39, 0.29) is 17.9 Å². The average molecular weight is 358 g/mol. The molecule has 25 heavy (non-hydrogen) atoms. The Morgan fingerprint density at radius 3 is 2.92 bits per heavy atom. The number of rotatable bonds is 3. The zero-order chi connectivity index (χ0) is 17.4. The first kappa shape index (κ1) is 16.2. The fourth-order valence-corrected chi connectivity index (χ4v) is 3.98. The van der Waals surface area contributed by atoms with Gasteiger partial charge in [0.05, 0.1) is 29.2 Å². The van der Waals surface area contributed by atoms with Gasteiger partial charge in [-0.05, 0) is 31.9 Å². The van der Waals surface area contributed by atoms with E-state index in [0.29, 0.717) is 30.4 Å². The smallest absolute Gasteiger partial charge is 0.259 e. The molecule has 0 bridgehead atoms. The van der Waals surface area contributed by atoms with Crippen LogP contribution in [0.15, 0.2) is 18.3 Å². The van der Waals surface area contributed by atoms with Crippen molar-refractivity contribution in [1.82, 2.24) is 14.9 Å². The summed E-state index contributed by atoms with van der Waals surface area (Å²) in [5.41, 5.74) is 2.21. The van der Waals surface area contributed by atoms with Gasteiger partial charge < -0.3 is 9.64 Å². The number of hydrogen-bond donors (Lipinski definition) is 1. The normalized spacial score (nSPS) is 19.1. The van der Waals surface area contributed by atoms with Crippen LogP contribution < -0.4 is 5.32 Å². The summed E-state index contributed by atoms with van der Waals surface area (Å²) in [7, 11) is 0. The Kier molecular flexibility index (Phi) is 4.22. The summed E-state index contributed by atoms with van der Waals surface area (Å²) in [5, 5.41) is 3.36. The Balaban J connectivity index is 1.40. The van der Waals surface area contributed by atoms with Gasteiger partial charge in [-0.2, -0.15) is 0 Å². The molecule has 1 N–H and O–H groups in total. The van der Waals surface area contributed by atoms with E-state index in [0.717, 1.165) is 29.1 Å². The van der Waals surface area contributed by atoms with E-state index in [2.05, 4.69) is 15.3 Å². The second kappa shape index (κ2) is 6.53. The molecule has 1 unspecified atom stereocenters. The second-order valence-electron chi connectivity index (χ2n) is 6.23.